The molecule has 2 aliphatic rings. The summed E-state index contributed by atoms with van der Waals surface area (Å²) in [5.74, 6) is -3.57. The molecule has 0 bridgehead atoms. The standard InChI is InChI=1S/C14H13NO6/c1-19-12(18)14-11(17)15(8-13(14,20-2)21-14)10(16)9-6-4-3-5-7-9/h3-7H,8H2,1-2H3. The van der Waals surface area contributed by atoms with Crippen LogP contribution >= 0.6 is 0 Å². The van der Waals surface area contributed by atoms with E-state index in [0.717, 1.165) is 12.0 Å². The molecule has 0 aromatic heterocycles. The summed E-state index contributed by atoms with van der Waals surface area (Å²) in [7, 11) is 2.46. The SMILES string of the molecule is COC(=O)C12OC1(OC)CN(C(=O)c1ccccc1)C2=O. The molecular weight excluding hydrogens is 278 g/mol. The molecule has 2 fully saturated rings. The van der Waals surface area contributed by atoms with Gasteiger partial charge in [0.05, 0.1) is 13.7 Å². The third kappa shape index (κ3) is 1.58. The minimum absolute atomic E-state index is 0.148. The largest absolute Gasteiger partial charge is 0.466 e. The number of likely N-dealkylation sites (tertiary alicyclic amines) is 1. The van der Waals surface area contributed by atoms with E-state index < -0.39 is 29.2 Å². The number of methoxy groups -OCH3 is 2. The number of ether oxygens (including phenoxy) is 3. The molecule has 110 valence electrons. The fourth-order valence-electron chi connectivity index (χ4n) is 2.62. The molecular formula is C14H13NO6. The Labute approximate surface area is 120 Å². The van der Waals surface area contributed by atoms with E-state index in [1.165, 1.54) is 7.11 Å². The first-order valence-electron chi connectivity index (χ1n) is 6.27. The maximum atomic E-state index is 12.4. The van der Waals surface area contributed by atoms with E-state index in [-0.39, 0.29) is 6.54 Å². The molecule has 21 heavy (non-hydrogen) atoms. The van der Waals surface area contributed by atoms with Gasteiger partial charge < -0.3 is 14.2 Å². The van der Waals surface area contributed by atoms with Crippen molar-refractivity contribution in [3.8, 4) is 0 Å². The summed E-state index contributed by atoms with van der Waals surface area (Å²) in [5.41, 5.74) is -1.51. The van der Waals surface area contributed by atoms with E-state index in [9.17, 15) is 14.4 Å². The van der Waals surface area contributed by atoms with Gasteiger partial charge in [0.2, 0.25) is 5.79 Å². The van der Waals surface area contributed by atoms with Crippen LogP contribution in [0, 0.1) is 0 Å². The predicted octanol–water partition coefficient (Wildman–Crippen LogP) is -0.0463. The number of carbonyl (C=O) groups is 3. The second kappa shape index (κ2) is 4.37. The zero-order chi connectivity index (χ0) is 15.3. The van der Waals surface area contributed by atoms with Crippen LogP contribution in [0.4, 0.5) is 0 Å². The first-order valence-corrected chi connectivity index (χ1v) is 6.27. The number of carbonyl (C=O) groups excluding carboxylic acids is 3. The van der Waals surface area contributed by atoms with Crippen LogP contribution in [0.3, 0.4) is 0 Å². The molecule has 2 amide bonds. The first-order chi connectivity index (χ1) is 10.0. The minimum Gasteiger partial charge on any atom is -0.466 e. The van der Waals surface area contributed by atoms with Crippen molar-refractivity contribution >= 4 is 17.8 Å². The highest BCUT2D eigenvalue weighted by molar-refractivity contribution is 6.19. The Kier molecular flexibility index (Phi) is 2.86. The maximum absolute atomic E-state index is 12.4. The number of benzene rings is 1. The van der Waals surface area contributed by atoms with Gasteiger partial charge in [0.15, 0.2) is 0 Å². The molecule has 0 saturated carbocycles. The Morgan fingerprint density at radius 1 is 1.24 bits per heavy atom. The van der Waals surface area contributed by atoms with Gasteiger partial charge in [-0.05, 0) is 12.1 Å². The molecule has 2 aliphatic heterocycles. The molecule has 2 unspecified atom stereocenters. The number of imide groups is 1. The van der Waals surface area contributed by atoms with Gasteiger partial charge in [-0.3, -0.25) is 14.5 Å². The van der Waals surface area contributed by atoms with Gasteiger partial charge in [0, 0.05) is 12.7 Å². The summed E-state index contributed by atoms with van der Waals surface area (Å²) in [5, 5.41) is 0. The smallest absolute Gasteiger partial charge is 0.354 e. The number of fused-ring (bicyclic) bond motifs is 1. The fourth-order valence-corrected chi connectivity index (χ4v) is 2.62. The van der Waals surface area contributed by atoms with Crippen LogP contribution in [0.2, 0.25) is 0 Å². The van der Waals surface area contributed by atoms with Crippen molar-refractivity contribution in [2.24, 2.45) is 0 Å². The van der Waals surface area contributed by atoms with Crippen LogP contribution in [-0.2, 0) is 23.8 Å². The molecule has 0 N–H and O–H groups in total. The zero-order valence-electron chi connectivity index (χ0n) is 11.5. The molecule has 7 heteroatoms. The van der Waals surface area contributed by atoms with Crippen molar-refractivity contribution in [1.82, 2.24) is 4.90 Å². The monoisotopic (exact) mass is 291 g/mol. The third-order valence-corrected chi connectivity index (χ3v) is 3.79. The Hall–Kier alpha value is -2.25. The molecule has 7 nitrogen and oxygen atoms in total. The van der Waals surface area contributed by atoms with Gasteiger partial charge in [0.1, 0.15) is 0 Å². The van der Waals surface area contributed by atoms with Crippen LogP contribution < -0.4 is 0 Å². The summed E-state index contributed by atoms with van der Waals surface area (Å²) in [6.45, 7) is -0.148. The molecule has 0 radical (unpaired) electrons. The average molecular weight is 291 g/mol. The zero-order valence-corrected chi connectivity index (χ0v) is 11.5. The van der Waals surface area contributed by atoms with E-state index in [2.05, 4.69) is 4.74 Å². The van der Waals surface area contributed by atoms with Gasteiger partial charge in [0.25, 0.3) is 11.8 Å². The second-order valence-electron chi connectivity index (χ2n) is 4.79. The number of nitrogens with zero attached hydrogens (tertiary/aromatic N) is 1. The molecule has 2 atom stereocenters. The molecule has 0 spiro atoms. The average Bonchev–Trinajstić information content (AvgIpc) is 3.15. The lowest BCUT2D eigenvalue weighted by atomic mass is 10.1. The molecule has 2 heterocycles. The van der Waals surface area contributed by atoms with Crippen LogP contribution in [-0.4, -0.2) is 54.8 Å². The van der Waals surface area contributed by atoms with Crippen molar-refractivity contribution in [2.75, 3.05) is 20.8 Å². The number of hydrogen-bond acceptors (Lipinski definition) is 6. The third-order valence-electron chi connectivity index (χ3n) is 3.79. The number of epoxide rings is 1. The molecule has 0 aliphatic carbocycles. The highest BCUT2D eigenvalue weighted by atomic mass is 16.8. The lowest BCUT2D eigenvalue weighted by molar-refractivity contribution is -0.153. The van der Waals surface area contributed by atoms with Crippen LogP contribution in [0.5, 0.6) is 0 Å². The van der Waals surface area contributed by atoms with Gasteiger partial charge in [-0.15, -0.1) is 0 Å². The Morgan fingerprint density at radius 2 is 1.90 bits per heavy atom. The lowest BCUT2D eigenvalue weighted by Gasteiger charge is -2.18. The Balaban J connectivity index is 1.93. The maximum Gasteiger partial charge on any atom is 0.354 e. The van der Waals surface area contributed by atoms with E-state index >= 15 is 0 Å². The van der Waals surface area contributed by atoms with E-state index in [1.807, 2.05) is 0 Å². The summed E-state index contributed by atoms with van der Waals surface area (Å²) in [6.07, 6.45) is 0. The Bertz CT molecular complexity index is 630. The highest BCUT2D eigenvalue weighted by Crippen LogP contribution is 2.55. The van der Waals surface area contributed by atoms with Gasteiger partial charge >= 0.3 is 11.6 Å². The van der Waals surface area contributed by atoms with Crippen LogP contribution in [0.15, 0.2) is 30.3 Å². The van der Waals surface area contributed by atoms with Crippen LogP contribution in [0.1, 0.15) is 10.4 Å². The molecule has 3 rings (SSSR count). The van der Waals surface area contributed by atoms with Crippen molar-refractivity contribution in [3.05, 3.63) is 35.9 Å². The Morgan fingerprint density at radius 3 is 2.48 bits per heavy atom. The van der Waals surface area contributed by atoms with Gasteiger partial charge in [-0.25, -0.2) is 4.79 Å². The number of rotatable bonds is 3. The number of esters is 1. The van der Waals surface area contributed by atoms with Gasteiger partial charge in [-0.1, -0.05) is 18.2 Å². The quantitative estimate of drug-likeness (QED) is 0.336. The topological polar surface area (TPSA) is 85.4 Å². The second-order valence-corrected chi connectivity index (χ2v) is 4.79. The molecule has 2 saturated heterocycles. The number of morpholine rings is 1. The van der Waals surface area contributed by atoms with Crippen LogP contribution in [0.25, 0.3) is 0 Å². The highest BCUT2D eigenvalue weighted by Gasteiger charge is 2.88. The van der Waals surface area contributed by atoms with Crippen molar-refractivity contribution in [1.29, 1.82) is 0 Å². The summed E-state index contributed by atoms with van der Waals surface area (Å²) in [4.78, 5) is 37.7. The minimum atomic E-state index is -1.86. The van der Waals surface area contributed by atoms with Crippen molar-refractivity contribution < 1.29 is 28.6 Å². The fraction of sp³-hybridized carbons (Fsp3) is 0.357. The number of hydrogen-bond donors (Lipinski definition) is 0. The summed E-state index contributed by atoms with van der Waals surface area (Å²) < 4.78 is 15.0. The lowest BCUT2D eigenvalue weighted by Crippen LogP contribution is -2.43. The molecule has 1 aromatic rings. The summed E-state index contributed by atoms with van der Waals surface area (Å²) in [6, 6.07) is 8.31. The molecule has 1 aromatic carbocycles. The van der Waals surface area contributed by atoms with E-state index in [0.29, 0.717) is 5.56 Å². The van der Waals surface area contributed by atoms with Crippen molar-refractivity contribution in [3.63, 3.8) is 0 Å². The number of amides is 2. The first kappa shape index (κ1) is 13.7. The van der Waals surface area contributed by atoms with Crippen molar-refractivity contribution in [2.45, 2.75) is 11.4 Å². The predicted molar refractivity (Wildman–Crippen MR) is 68.1 cm³/mol. The van der Waals surface area contributed by atoms with E-state index in [4.69, 9.17) is 9.47 Å². The normalized spacial score (nSPS) is 30.0. The summed E-state index contributed by atoms with van der Waals surface area (Å²) >= 11 is 0. The van der Waals surface area contributed by atoms with Gasteiger partial charge in [-0.2, -0.15) is 0 Å². The van der Waals surface area contributed by atoms with E-state index in [1.54, 1.807) is 30.3 Å².